The van der Waals surface area contributed by atoms with Gasteiger partial charge in [-0.2, -0.15) is 0 Å². The number of pyridine rings is 1. The van der Waals surface area contributed by atoms with E-state index >= 15 is 0 Å². The van der Waals surface area contributed by atoms with Crippen LogP contribution in [0.15, 0.2) is 12.1 Å². The topological polar surface area (TPSA) is 42.1 Å². The van der Waals surface area contributed by atoms with Gasteiger partial charge in [0.15, 0.2) is 0 Å². The standard InChI is InChI=1S/C13H21N3/c1-10(14)8-9-16(2)13-7-6-11-4-3-5-12(11)15-13/h6-7,10H,3-5,8-9,14H2,1-2H3. The van der Waals surface area contributed by atoms with Crippen molar-refractivity contribution in [3.63, 3.8) is 0 Å². The lowest BCUT2D eigenvalue weighted by Gasteiger charge is -2.19. The number of anilines is 1. The van der Waals surface area contributed by atoms with Crippen LogP contribution in [0.1, 0.15) is 31.0 Å². The number of aryl methyl sites for hydroxylation is 2. The molecular weight excluding hydrogens is 198 g/mol. The molecule has 1 aromatic heterocycles. The minimum absolute atomic E-state index is 0.261. The Morgan fingerprint density at radius 2 is 2.25 bits per heavy atom. The molecule has 0 fully saturated rings. The van der Waals surface area contributed by atoms with E-state index in [1.807, 2.05) is 6.92 Å². The quantitative estimate of drug-likeness (QED) is 0.838. The van der Waals surface area contributed by atoms with Crippen molar-refractivity contribution in [3.8, 4) is 0 Å². The van der Waals surface area contributed by atoms with Gasteiger partial charge in [0.1, 0.15) is 5.82 Å². The van der Waals surface area contributed by atoms with E-state index in [0.717, 1.165) is 25.2 Å². The summed E-state index contributed by atoms with van der Waals surface area (Å²) < 4.78 is 0. The Kier molecular flexibility index (Phi) is 3.44. The van der Waals surface area contributed by atoms with Crippen molar-refractivity contribution >= 4 is 5.82 Å². The molecule has 1 aliphatic carbocycles. The molecule has 0 bridgehead atoms. The Bertz CT molecular complexity index is 360. The molecule has 16 heavy (non-hydrogen) atoms. The number of fused-ring (bicyclic) bond motifs is 1. The minimum Gasteiger partial charge on any atom is -0.360 e. The lowest BCUT2D eigenvalue weighted by Crippen LogP contribution is -2.26. The van der Waals surface area contributed by atoms with E-state index in [-0.39, 0.29) is 6.04 Å². The maximum Gasteiger partial charge on any atom is 0.128 e. The van der Waals surface area contributed by atoms with Gasteiger partial charge in [0.2, 0.25) is 0 Å². The second-order valence-corrected chi connectivity index (χ2v) is 4.82. The van der Waals surface area contributed by atoms with E-state index in [2.05, 4.69) is 24.1 Å². The van der Waals surface area contributed by atoms with Crippen LogP contribution < -0.4 is 10.6 Å². The zero-order valence-electron chi connectivity index (χ0n) is 10.2. The average molecular weight is 219 g/mol. The minimum atomic E-state index is 0.261. The summed E-state index contributed by atoms with van der Waals surface area (Å²) in [5.74, 6) is 1.08. The van der Waals surface area contributed by atoms with Gasteiger partial charge in [-0.25, -0.2) is 4.98 Å². The third kappa shape index (κ3) is 2.53. The highest BCUT2D eigenvalue weighted by atomic mass is 15.2. The average Bonchev–Trinajstić information content (AvgIpc) is 2.72. The molecule has 88 valence electrons. The molecule has 1 aromatic rings. The summed E-state index contributed by atoms with van der Waals surface area (Å²) in [5, 5.41) is 0. The molecule has 3 nitrogen and oxygen atoms in total. The molecule has 1 atom stereocenters. The van der Waals surface area contributed by atoms with Gasteiger partial charge in [0.25, 0.3) is 0 Å². The SMILES string of the molecule is CC(N)CCN(C)c1ccc2c(n1)CCC2. The second-order valence-electron chi connectivity index (χ2n) is 4.82. The van der Waals surface area contributed by atoms with Gasteiger partial charge < -0.3 is 10.6 Å². The fourth-order valence-electron chi connectivity index (χ4n) is 2.13. The molecule has 0 spiro atoms. The van der Waals surface area contributed by atoms with Gasteiger partial charge in [-0.3, -0.25) is 0 Å². The van der Waals surface area contributed by atoms with Crippen molar-refractivity contribution in [2.45, 2.75) is 38.6 Å². The van der Waals surface area contributed by atoms with Crippen LogP contribution in [0.5, 0.6) is 0 Å². The van der Waals surface area contributed by atoms with Crippen molar-refractivity contribution in [3.05, 3.63) is 23.4 Å². The number of aromatic nitrogens is 1. The summed E-state index contributed by atoms with van der Waals surface area (Å²) in [6.45, 7) is 3.02. The molecule has 0 amide bonds. The fourth-order valence-corrected chi connectivity index (χ4v) is 2.13. The van der Waals surface area contributed by atoms with Gasteiger partial charge in [-0.15, -0.1) is 0 Å². The molecule has 1 unspecified atom stereocenters. The van der Waals surface area contributed by atoms with E-state index in [4.69, 9.17) is 10.7 Å². The number of hydrogen-bond acceptors (Lipinski definition) is 3. The third-order valence-corrected chi connectivity index (χ3v) is 3.22. The van der Waals surface area contributed by atoms with E-state index in [1.54, 1.807) is 0 Å². The molecule has 0 aliphatic heterocycles. The second kappa shape index (κ2) is 4.83. The fraction of sp³-hybridized carbons (Fsp3) is 0.615. The highest BCUT2D eigenvalue weighted by Gasteiger charge is 2.13. The lowest BCUT2D eigenvalue weighted by atomic mass is 10.2. The first-order valence-corrected chi connectivity index (χ1v) is 6.12. The maximum atomic E-state index is 5.76. The maximum absolute atomic E-state index is 5.76. The summed E-state index contributed by atoms with van der Waals surface area (Å²) >= 11 is 0. The number of hydrogen-bond donors (Lipinski definition) is 1. The van der Waals surface area contributed by atoms with Crippen LogP contribution in [0.3, 0.4) is 0 Å². The predicted molar refractivity (Wildman–Crippen MR) is 67.8 cm³/mol. The van der Waals surface area contributed by atoms with Crippen molar-refractivity contribution in [2.24, 2.45) is 5.73 Å². The van der Waals surface area contributed by atoms with Crippen molar-refractivity contribution in [2.75, 3.05) is 18.5 Å². The number of nitrogens with two attached hydrogens (primary N) is 1. The molecule has 3 heteroatoms. The Hall–Kier alpha value is -1.09. The Labute approximate surface area is 97.7 Å². The summed E-state index contributed by atoms with van der Waals surface area (Å²) in [5.41, 5.74) is 8.49. The first-order valence-electron chi connectivity index (χ1n) is 6.12. The lowest BCUT2D eigenvalue weighted by molar-refractivity contribution is 0.656. The number of rotatable bonds is 4. The van der Waals surface area contributed by atoms with Gasteiger partial charge in [0, 0.05) is 25.3 Å². The summed E-state index contributed by atoms with van der Waals surface area (Å²) in [4.78, 5) is 6.91. The van der Waals surface area contributed by atoms with Crippen LogP contribution in [-0.4, -0.2) is 24.6 Å². The van der Waals surface area contributed by atoms with Crippen LogP contribution in [0, 0.1) is 0 Å². The van der Waals surface area contributed by atoms with Crippen molar-refractivity contribution in [1.82, 2.24) is 4.98 Å². The Balaban J connectivity index is 2.03. The molecule has 0 aromatic carbocycles. The zero-order valence-corrected chi connectivity index (χ0v) is 10.2. The Morgan fingerprint density at radius 3 is 3.00 bits per heavy atom. The highest BCUT2D eigenvalue weighted by Crippen LogP contribution is 2.22. The van der Waals surface area contributed by atoms with Crippen LogP contribution in [0.4, 0.5) is 5.82 Å². The molecule has 0 saturated carbocycles. The van der Waals surface area contributed by atoms with Crippen molar-refractivity contribution < 1.29 is 0 Å². The van der Waals surface area contributed by atoms with Crippen LogP contribution in [0.2, 0.25) is 0 Å². The smallest absolute Gasteiger partial charge is 0.128 e. The van der Waals surface area contributed by atoms with E-state index in [0.29, 0.717) is 0 Å². The van der Waals surface area contributed by atoms with E-state index in [9.17, 15) is 0 Å². The Morgan fingerprint density at radius 1 is 1.44 bits per heavy atom. The van der Waals surface area contributed by atoms with Gasteiger partial charge in [-0.1, -0.05) is 6.07 Å². The molecule has 1 aliphatic rings. The molecule has 2 rings (SSSR count). The number of nitrogens with zero attached hydrogens (tertiary/aromatic N) is 2. The normalized spacial score (nSPS) is 15.9. The van der Waals surface area contributed by atoms with Gasteiger partial charge in [0.05, 0.1) is 0 Å². The monoisotopic (exact) mass is 219 g/mol. The first kappa shape index (κ1) is 11.4. The predicted octanol–water partition coefficient (Wildman–Crippen LogP) is 1.74. The van der Waals surface area contributed by atoms with Crippen LogP contribution in [-0.2, 0) is 12.8 Å². The summed E-state index contributed by atoms with van der Waals surface area (Å²) in [6.07, 6.45) is 4.61. The van der Waals surface area contributed by atoms with Crippen LogP contribution >= 0.6 is 0 Å². The van der Waals surface area contributed by atoms with E-state index in [1.165, 1.54) is 24.1 Å². The molecular formula is C13H21N3. The molecule has 0 radical (unpaired) electrons. The molecule has 0 saturated heterocycles. The van der Waals surface area contributed by atoms with Crippen LogP contribution in [0.25, 0.3) is 0 Å². The largest absolute Gasteiger partial charge is 0.360 e. The van der Waals surface area contributed by atoms with E-state index < -0.39 is 0 Å². The van der Waals surface area contributed by atoms with Gasteiger partial charge in [-0.05, 0) is 44.2 Å². The summed E-state index contributed by atoms with van der Waals surface area (Å²) in [6, 6.07) is 4.62. The highest BCUT2D eigenvalue weighted by molar-refractivity contribution is 5.42. The molecule has 1 heterocycles. The summed E-state index contributed by atoms with van der Waals surface area (Å²) in [7, 11) is 2.09. The zero-order chi connectivity index (χ0) is 11.5. The third-order valence-electron chi connectivity index (χ3n) is 3.22. The first-order chi connectivity index (χ1) is 7.66. The van der Waals surface area contributed by atoms with Gasteiger partial charge >= 0.3 is 0 Å². The molecule has 2 N–H and O–H groups in total. The van der Waals surface area contributed by atoms with Crippen molar-refractivity contribution in [1.29, 1.82) is 0 Å².